The highest BCUT2D eigenvalue weighted by Crippen LogP contribution is 2.40. The number of nitrogens with zero attached hydrogens (tertiary/aromatic N) is 1. The molecule has 2 heterocycles. The van der Waals surface area contributed by atoms with Crippen molar-refractivity contribution in [1.82, 2.24) is 9.97 Å². The van der Waals surface area contributed by atoms with E-state index >= 15 is 0 Å². The SMILES string of the molecule is COc1ccc2c(c1)[nH]c1c(-c3c4ccccc4cc4ccccc34)nccc12. The van der Waals surface area contributed by atoms with Gasteiger partial charge in [0.15, 0.2) is 0 Å². The van der Waals surface area contributed by atoms with E-state index in [1.807, 2.05) is 18.3 Å². The molecule has 0 unspecified atom stereocenters. The minimum atomic E-state index is 0.842. The first-order valence-corrected chi connectivity index (χ1v) is 9.69. The molecule has 6 rings (SSSR count). The van der Waals surface area contributed by atoms with E-state index in [0.29, 0.717) is 0 Å². The first-order valence-electron chi connectivity index (χ1n) is 9.69. The van der Waals surface area contributed by atoms with Crippen LogP contribution in [-0.4, -0.2) is 17.1 Å². The van der Waals surface area contributed by atoms with Gasteiger partial charge in [-0.2, -0.15) is 0 Å². The average molecular weight is 374 g/mol. The molecule has 4 aromatic carbocycles. The van der Waals surface area contributed by atoms with E-state index in [2.05, 4.69) is 71.7 Å². The summed E-state index contributed by atoms with van der Waals surface area (Å²) in [6, 6.07) is 27.6. The molecule has 6 aromatic rings. The van der Waals surface area contributed by atoms with E-state index in [1.54, 1.807) is 7.11 Å². The second kappa shape index (κ2) is 6.08. The highest BCUT2D eigenvalue weighted by atomic mass is 16.5. The fraction of sp³-hybridized carbons (Fsp3) is 0.0385. The molecule has 0 aliphatic heterocycles. The average Bonchev–Trinajstić information content (AvgIpc) is 3.15. The van der Waals surface area contributed by atoms with Gasteiger partial charge in [0.2, 0.25) is 0 Å². The summed E-state index contributed by atoms with van der Waals surface area (Å²) in [5, 5.41) is 7.21. The smallest absolute Gasteiger partial charge is 0.120 e. The van der Waals surface area contributed by atoms with E-state index < -0.39 is 0 Å². The summed E-state index contributed by atoms with van der Waals surface area (Å²) >= 11 is 0. The number of hydrogen-bond donors (Lipinski definition) is 1. The monoisotopic (exact) mass is 374 g/mol. The lowest BCUT2D eigenvalue weighted by Crippen LogP contribution is -1.90. The second-order valence-corrected chi connectivity index (χ2v) is 7.31. The number of nitrogens with one attached hydrogen (secondary N) is 1. The van der Waals surface area contributed by atoms with Gasteiger partial charge >= 0.3 is 0 Å². The third kappa shape index (κ3) is 2.34. The van der Waals surface area contributed by atoms with Crippen molar-refractivity contribution in [3.8, 4) is 17.0 Å². The van der Waals surface area contributed by atoms with Crippen LogP contribution in [0, 0.1) is 0 Å². The number of H-pyrrole nitrogens is 1. The van der Waals surface area contributed by atoms with Crippen LogP contribution >= 0.6 is 0 Å². The molecule has 0 aliphatic carbocycles. The van der Waals surface area contributed by atoms with Crippen molar-refractivity contribution in [2.24, 2.45) is 0 Å². The number of rotatable bonds is 2. The van der Waals surface area contributed by atoms with Gasteiger partial charge in [0.05, 0.1) is 23.8 Å². The zero-order chi connectivity index (χ0) is 19.4. The molecule has 0 spiro atoms. The van der Waals surface area contributed by atoms with Crippen LogP contribution in [0.1, 0.15) is 0 Å². The summed E-state index contributed by atoms with van der Waals surface area (Å²) in [6.07, 6.45) is 1.91. The van der Waals surface area contributed by atoms with Gasteiger partial charge in [-0.3, -0.25) is 4.98 Å². The van der Waals surface area contributed by atoms with E-state index in [1.165, 1.54) is 37.9 Å². The van der Waals surface area contributed by atoms with Crippen LogP contribution in [-0.2, 0) is 0 Å². The Morgan fingerprint density at radius 2 is 1.45 bits per heavy atom. The normalized spacial score (nSPS) is 11.6. The zero-order valence-corrected chi connectivity index (χ0v) is 15.9. The van der Waals surface area contributed by atoms with Crippen LogP contribution in [0.5, 0.6) is 5.75 Å². The standard InChI is InChI=1S/C26H18N2O/c1-29-18-10-11-21-22-12-13-27-26(25(22)28-23(21)15-18)24-19-8-4-2-6-16(19)14-17-7-3-5-9-20(17)24/h2-15,28H,1H3. The third-order valence-electron chi connectivity index (χ3n) is 5.74. The van der Waals surface area contributed by atoms with E-state index in [9.17, 15) is 0 Å². The number of ether oxygens (including phenoxy) is 1. The van der Waals surface area contributed by atoms with Crippen molar-refractivity contribution in [1.29, 1.82) is 0 Å². The predicted octanol–water partition coefficient (Wildman–Crippen LogP) is 6.70. The maximum atomic E-state index is 5.41. The lowest BCUT2D eigenvalue weighted by Gasteiger charge is -2.12. The number of hydrogen-bond acceptors (Lipinski definition) is 2. The van der Waals surface area contributed by atoms with Crippen molar-refractivity contribution in [2.75, 3.05) is 7.11 Å². The summed E-state index contributed by atoms with van der Waals surface area (Å²) in [5.74, 6) is 0.842. The molecule has 0 atom stereocenters. The van der Waals surface area contributed by atoms with Crippen molar-refractivity contribution >= 4 is 43.4 Å². The fourth-order valence-electron chi connectivity index (χ4n) is 4.39. The number of methoxy groups -OCH3 is 1. The number of aromatic amines is 1. The van der Waals surface area contributed by atoms with Crippen molar-refractivity contribution in [3.63, 3.8) is 0 Å². The molecular formula is C26H18N2O. The highest BCUT2D eigenvalue weighted by molar-refractivity contribution is 6.18. The lowest BCUT2D eigenvalue weighted by molar-refractivity contribution is 0.415. The molecule has 0 radical (unpaired) electrons. The highest BCUT2D eigenvalue weighted by Gasteiger charge is 2.16. The molecule has 0 saturated heterocycles. The Labute approximate surface area is 167 Å². The van der Waals surface area contributed by atoms with Gasteiger partial charge < -0.3 is 9.72 Å². The van der Waals surface area contributed by atoms with Crippen LogP contribution in [0.15, 0.2) is 85.1 Å². The second-order valence-electron chi connectivity index (χ2n) is 7.31. The Hall–Kier alpha value is -3.85. The van der Waals surface area contributed by atoms with Gasteiger partial charge in [-0.25, -0.2) is 0 Å². The van der Waals surface area contributed by atoms with Crippen LogP contribution in [0.25, 0.3) is 54.6 Å². The summed E-state index contributed by atoms with van der Waals surface area (Å²) < 4.78 is 5.41. The first-order chi connectivity index (χ1) is 14.3. The molecule has 0 fully saturated rings. The number of benzene rings is 4. The molecule has 0 aliphatic rings. The largest absolute Gasteiger partial charge is 0.497 e. The number of pyridine rings is 1. The fourth-order valence-corrected chi connectivity index (χ4v) is 4.39. The molecule has 0 bridgehead atoms. The zero-order valence-electron chi connectivity index (χ0n) is 15.9. The van der Waals surface area contributed by atoms with Crippen molar-refractivity contribution in [2.45, 2.75) is 0 Å². The van der Waals surface area contributed by atoms with Gasteiger partial charge in [-0.05, 0) is 45.8 Å². The number of fused-ring (bicyclic) bond motifs is 5. The summed E-state index contributed by atoms with van der Waals surface area (Å²) in [5.41, 5.74) is 4.25. The third-order valence-corrected chi connectivity index (χ3v) is 5.74. The molecule has 1 N–H and O–H groups in total. The molecule has 0 amide bonds. The molecule has 0 saturated carbocycles. The van der Waals surface area contributed by atoms with E-state index in [4.69, 9.17) is 9.72 Å². The molecular weight excluding hydrogens is 356 g/mol. The first kappa shape index (κ1) is 16.1. The lowest BCUT2D eigenvalue weighted by atomic mass is 9.94. The molecule has 2 aromatic heterocycles. The predicted molar refractivity (Wildman–Crippen MR) is 121 cm³/mol. The van der Waals surface area contributed by atoms with Crippen LogP contribution in [0.4, 0.5) is 0 Å². The molecule has 29 heavy (non-hydrogen) atoms. The quantitative estimate of drug-likeness (QED) is 0.343. The van der Waals surface area contributed by atoms with Gasteiger partial charge in [-0.1, -0.05) is 48.5 Å². The minimum absolute atomic E-state index is 0.842. The van der Waals surface area contributed by atoms with Crippen LogP contribution in [0.3, 0.4) is 0 Å². The van der Waals surface area contributed by atoms with Gasteiger partial charge in [0.25, 0.3) is 0 Å². The molecule has 138 valence electrons. The summed E-state index contributed by atoms with van der Waals surface area (Å²) in [7, 11) is 1.69. The van der Waals surface area contributed by atoms with Gasteiger partial charge in [-0.15, -0.1) is 0 Å². The van der Waals surface area contributed by atoms with Crippen molar-refractivity contribution in [3.05, 3.63) is 85.1 Å². The Balaban J connectivity index is 1.79. The van der Waals surface area contributed by atoms with Gasteiger partial charge in [0, 0.05) is 28.6 Å². The Morgan fingerprint density at radius 3 is 2.17 bits per heavy atom. The van der Waals surface area contributed by atoms with E-state index in [0.717, 1.165) is 22.5 Å². The minimum Gasteiger partial charge on any atom is -0.497 e. The number of aromatic nitrogens is 2. The van der Waals surface area contributed by atoms with Crippen molar-refractivity contribution < 1.29 is 4.74 Å². The Bertz CT molecular complexity index is 1490. The molecule has 3 nitrogen and oxygen atoms in total. The Kier molecular flexibility index (Phi) is 3.38. The maximum Gasteiger partial charge on any atom is 0.120 e. The summed E-state index contributed by atoms with van der Waals surface area (Å²) in [4.78, 5) is 8.46. The maximum absolute atomic E-state index is 5.41. The van der Waals surface area contributed by atoms with Gasteiger partial charge in [0.1, 0.15) is 5.75 Å². The summed E-state index contributed by atoms with van der Waals surface area (Å²) in [6.45, 7) is 0. The topological polar surface area (TPSA) is 37.9 Å². The van der Waals surface area contributed by atoms with Crippen LogP contribution < -0.4 is 4.74 Å². The van der Waals surface area contributed by atoms with E-state index in [-0.39, 0.29) is 0 Å². The Morgan fingerprint density at radius 1 is 0.724 bits per heavy atom. The molecule has 3 heteroatoms. The van der Waals surface area contributed by atoms with Crippen LogP contribution in [0.2, 0.25) is 0 Å².